The summed E-state index contributed by atoms with van der Waals surface area (Å²) in [5.74, 6) is 0.225. The molecule has 7 heteroatoms. The van der Waals surface area contributed by atoms with E-state index in [4.69, 9.17) is 9.47 Å². The largest absolute Gasteiger partial charge is 0.462 e. The Hall–Kier alpha value is -2.48. The van der Waals surface area contributed by atoms with Crippen molar-refractivity contribution in [3.63, 3.8) is 0 Å². The van der Waals surface area contributed by atoms with E-state index in [2.05, 4.69) is 58.1 Å². The van der Waals surface area contributed by atoms with Crippen LogP contribution in [0.5, 0.6) is 0 Å². The van der Waals surface area contributed by atoms with Gasteiger partial charge in [-0.2, -0.15) is 0 Å². The summed E-state index contributed by atoms with van der Waals surface area (Å²) < 4.78 is 12.8. The molecule has 2 saturated carbocycles. The molecule has 3 fully saturated rings. The number of hydrogen-bond donors (Lipinski definition) is 2. The van der Waals surface area contributed by atoms with Gasteiger partial charge in [-0.15, -0.1) is 0 Å². The van der Waals surface area contributed by atoms with Crippen molar-refractivity contribution in [3.8, 4) is 0 Å². The molecule has 11 atom stereocenters. The molecule has 42 heavy (non-hydrogen) atoms. The van der Waals surface area contributed by atoms with Crippen LogP contribution in [-0.2, 0) is 14.3 Å². The molecule has 0 bridgehead atoms. The summed E-state index contributed by atoms with van der Waals surface area (Å²) in [4.78, 5) is 27.8. The summed E-state index contributed by atoms with van der Waals surface area (Å²) in [5, 5.41) is 14.7. The van der Waals surface area contributed by atoms with Gasteiger partial charge in [0, 0.05) is 35.8 Å². The van der Waals surface area contributed by atoms with Gasteiger partial charge in [-0.3, -0.25) is 9.59 Å². The summed E-state index contributed by atoms with van der Waals surface area (Å²) in [6.07, 6.45) is 7.03. The molecule has 0 aromatic heterocycles. The van der Waals surface area contributed by atoms with Crippen molar-refractivity contribution in [1.82, 2.24) is 10.2 Å². The number of esters is 1. The smallest absolute Gasteiger partial charge is 0.302 e. The molecule has 1 heterocycles. The highest BCUT2D eigenvalue weighted by atomic mass is 16.5. The van der Waals surface area contributed by atoms with Crippen LogP contribution in [-0.4, -0.2) is 73.0 Å². The Balaban J connectivity index is 1.34. The molecule has 5 aliphatic rings. The molecule has 7 nitrogen and oxygen atoms in total. The van der Waals surface area contributed by atoms with E-state index in [9.17, 15) is 14.7 Å². The summed E-state index contributed by atoms with van der Waals surface area (Å²) in [5.41, 5.74) is 2.71. The lowest BCUT2D eigenvalue weighted by Gasteiger charge is -2.54. The Bertz CT molecular complexity index is 1310. The highest BCUT2D eigenvalue weighted by molar-refractivity contribution is 5.94. The molecule has 4 aliphatic carbocycles. The molecule has 0 spiro atoms. The van der Waals surface area contributed by atoms with E-state index in [0.29, 0.717) is 12.2 Å². The number of nitrogens with one attached hydrogen (secondary N) is 1. The van der Waals surface area contributed by atoms with Gasteiger partial charge in [0.1, 0.15) is 6.10 Å². The molecule has 6 rings (SSSR count). The predicted octanol–water partition coefficient (Wildman–Crippen LogP) is 4.76. The van der Waals surface area contributed by atoms with E-state index in [-0.39, 0.29) is 58.7 Å². The SMILES string of the molecule is CC(=O)O[C@@H]1C[C@@]2(C)[C@@H]3C[C@H]4OC[C@]5(C)[C@@H](NC(=O)c6ccccc6)[C@H](O)C=C(CC3=CC[C@]2(C)[C@@H]1[C@H](C)N(C)C)[C@@H]45. The van der Waals surface area contributed by atoms with Crippen LogP contribution in [0.2, 0.25) is 0 Å². The van der Waals surface area contributed by atoms with Gasteiger partial charge in [0.25, 0.3) is 5.91 Å². The van der Waals surface area contributed by atoms with Crippen molar-refractivity contribution in [2.75, 3.05) is 20.7 Å². The van der Waals surface area contributed by atoms with E-state index >= 15 is 0 Å². The fourth-order valence-corrected chi connectivity index (χ4v) is 10.0. The Morgan fingerprint density at radius 2 is 1.83 bits per heavy atom. The maximum absolute atomic E-state index is 13.2. The van der Waals surface area contributed by atoms with Crippen LogP contribution >= 0.6 is 0 Å². The van der Waals surface area contributed by atoms with E-state index < -0.39 is 17.6 Å². The van der Waals surface area contributed by atoms with Crippen molar-refractivity contribution < 1.29 is 24.2 Å². The molecule has 2 N–H and O–H groups in total. The second-order valence-corrected chi connectivity index (χ2v) is 14.7. The number of aliphatic hydroxyl groups excluding tert-OH is 1. The molecule has 1 aromatic rings. The van der Waals surface area contributed by atoms with Gasteiger partial charge >= 0.3 is 5.97 Å². The van der Waals surface area contributed by atoms with E-state index in [1.807, 2.05) is 24.3 Å². The van der Waals surface area contributed by atoms with Crippen molar-refractivity contribution in [2.45, 2.75) is 90.7 Å². The quantitative estimate of drug-likeness (QED) is 0.388. The summed E-state index contributed by atoms with van der Waals surface area (Å²) in [7, 11) is 4.24. The van der Waals surface area contributed by atoms with Crippen molar-refractivity contribution in [2.24, 2.45) is 34.0 Å². The number of carbonyl (C=O) groups is 2. The zero-order valence-corrected chi connectivity index (χ0v) is 26.2. The number of aliphatic hydroxyl groups is 1. The first-order valence-electron chi connectivity index (χ1n) is 15.7. The number of ether oxygens (including phenoxy) is 2. The van der Waals surface area contributed by atoms with Crippen molar-refractivity contribution >= 4 is 11.9 Å². The molecular formula is C35H48N2O5. The fraction of sp³-hybridized carbons (Fsp3) is 0.657. The third-order valence-electron chi connectivity index (χ3n) is 12.4. The lowest BCUT2D eigenvalue weighted by Crippen LogP contribution is -2.58. The maximum atomic E-state index is 13.2. The number of nitrogens with zero attached hydrogens (tertiary/aromatic N) is 1. The first kappa shape index (κ1) is 29.6. The highest BCUT2D eigenvalue weighted by Crippen LogP contribution is 2.69. The second-order valence-electron chi connectivity index (χ2n) is 14.7. The first-order valence-corrected chi connectivity index (χ1v) is 15.7. The maximum Gasteiger partial charge on any atom is 0.302 e. The molecule has 0 radical (unpaired) electrons. The van der Waals surface area contributed by atoms with Gasteiger partial charge in [0.05, 0.1) is 24.9 Å². The third kappa shape index (κ3) is 4.33. The predicted molar refractivity (Wildman–Crippen MR) is 162 cm³/mol. The fourth-order valence-electron chi connectivity index (χ4n) is 10.0. The van der Waals surface area contributed by atoms with Crippen molar-refractivity contribution in [3.05, 3.63) is 59.2 Å². The second kappa shape index (κ2) is 10.3. The molecule has 1 amide bonds. The number of carbonyl (C=O) groups excluding carboxylic acids is 2. The normalized spacial score (nSPS) is 42.8. The number of hydrogen-bond acceptors (Lipinski definition) is 6. The van der Waals surface area contributed by atoms with Crippen LogP contribution in [0.15, 0.2) is 53.6 Å². The minimum atomic E-state index is -0.789. The molecule has 228 valence electrons. The molecule has 0 unspecified atom stereocenters. The van der Waals surface area contributed by atoms with E-state index in [1.54, 1.807) is 12.1 Å². The van der Waals surface area contributed by atoms with Crippen molar-refractivity contribution in [1.29, 1.82) is 0 Å². The topological polar surface area (TPSA) is 88.1 Å². The summed E-state index contributed by atoms with van der Waals surface area (Å²) in [6, 6.07) is 9.02. The van der Waals surface area contributed by atoms with E-state index in [1.165, 1.54) is 18.1 Å². The van der Waals surface area contributed by atoms with Gasteiger partial charge in [-0.25, -0.2) is 0 Å². The monoisotopic (exact) mass is 576 g/mol. The average molecular weight is 577 g/mol. The molecule has 1 aliphatic heterocycles. The number of allylic oxidation sites excluding steroid dienone is 2. The average Bonchev–Trinajstić information content (AvgIpc) is 3.31. The number of benzene rings is 1. The van der Waals surface area contributed by atoms with Gasteiger partial charge in [0.15, 0.2) is 0 Å². The van der Waals surface area contributed by atoms with Crippen LogP contribution in [0.1, 0.15) is 70.7 Å². The number of amides is 1. The van der Waals surface area contributed by atoms with Crippen LogP contribution in [0.4, 0.5) is 0 Å². The van der Waals surface area contributed by atoms with Gasteiger partial charge in [-0.1, -0.05) is 62.3 Å². The van der Waals surface area contributed by atoms with Crippen LogP contribution < -0.4 is 5.32 Å². The Labute approximate surface area is 250 Å². The zero-order chi connectivity index (χ0) is 30.2. The summed E-state index contributed by atoms with van der Waals surface area (Å²) in [6.45, 7) is 11.3. The zero-order valence-electron chi connectivity index (χ0n) is 26.2. The Morgan fingerprint density at radius 3 is 2.50 bits per heavy atom. The Morgan fingerprint density at radius 1 is 1.12 bits per heavy atom. The van der Waals surface area contributed by atoms with Gasteiger partial charge in [-0.05, 0) is 75.6 Å². The Kier molecular flexibility index (Phi) is 7.26. The van der Waals surface area contributed by atoms with Crippen LogP contribution in [0.25, 0.3) is 0 Å². The minimum Gasteiger partial charge on any atom is -0.462 e. The number of fused-ring (bicyclic) bond motifs is 3. The highest BCUT2D eigenvalue weighted by Gasteiger charge is 2.67. The van der Waals surface area contributed by atoms with Gasteiger partial charge in [0.2, 0.25) is 0 Å². The minimum absolute atomic E-state index is 0.00236. The molecule has 1 aromatic carbocycles. The van der Waals surface area contributed by atoms with Crippen LogP contribution in [0, 0.1) is 34.0 Å². The number of rotatable bonds is 5. The van der Waals surface area contributed by atoms with Crippen LogP contribution in [0.3, 0.4) is 0 Å². The molecular weight excluding hydrogens is 528 g/mol. The standard InChI is InChI=1S/C35H48N2O5/c1-20(37(6)7)29-28(42-21(2)38)18-35(5)25-17-27-30-24(15-23(25)13-14-34(29,35)4)16-26(39)31(33(30,3)19-41-27)36-32(40)22-11-9-8-10-12-22/h8-13,16,20,25-31,39H,14-15,17-19H2,1-7H3,(H,36,40)/t20-,25+,26+,27+,28+,29+,30-,31-,33-,34+,35-/m0/s1. The summed E-state index contributed by atoms with van der Waals surface area (Å²) >= 11 is 0. The lowest BCUT2D eigenvalue weighted by molar-refractivity contribution is -0.150. The van der Waals surface area contributed by atoms with E-state index in [0.717, 1.165) is 25.7 Å². The third-order valence-corrected chi connectivity index (χ3v) is 12.4. The first-order chi connectivity index (χ1) is 19.8. The lowest BCUT2D eigenvalue weighted by atomic mass is 9.51. The van der Waals surface area contributed by atoms with Gasteiger partial charge < -0.3 is 24.8 Å². The molecule has 1 saturated heterocycles.